The molecular weight excluding hydrogens is 274 g/mol. The van der Waals surface area contributed by atoms with Crippen LogP contribution in [0.25, 0.3) is 0 Å². The van der Waals surface area contributed by atoms with Gasteiger partial charge in [0.25, 0.3) is 0 Å². The smallest absolute Gasteiger partial charge is 0.150 e. The summed E-state index contributed by atoms with van der Waals surface area (Å²) in [6, 6.07) is 0.436. The van der Waals surface area contributed by atoms with Crippen LogP contribution in [0.5, 0.6) is 0 Å². The molecule has 1 rings (SSSR count). The molecule has 0 aliphatic carbocycles. The first-order valence-corrected chi connectivity index (χ1v) is 9.95. The quantitative estimate of drug-likeness (QED) is 0.637. The molecule has 2 atom stereocenters. The van der Waals surface area contributed by atoms with Crippen LogP contribution in [0.1, 0.15) is 58.8 Å². The maximum atomic E-state index is 11.5. The van der Waals surface area contributed by atoms with E-state index in [0.29, 0.717) is 17.9 Å². The molecule has 1 saturated heterocycles. The van der Waals surface area contributed by atoms with Crippen LogP contribution in [0.2, 0.25) is 0 Å². The summed E-state index contributed by atoms with van der Waals surface area (Å²) in [5, 5.41) is 3.55. The van der Waals surface area contributed by atoms with Crippen LogP contribution in [0.15, 0.2) is 0 Å². The van der Waals surface area contributed by atoms with Crippen LogP contribution in [-0.2, 0) is 14.6 Å². The van der Waals surface area contributed by atoms with Crippen LogP contribution in [0.3, 0.4) is 0 Å². The van der Waals surface area contributed by atoms with E-state index in [0.717, 1.165) is 45.3 Å². The second-order valence-corrected chi connectivity index (χ2v) is 8.21. The van der Waals surface area contributed by atoms with E-state index in [4.69, 9.17) is 4.74 Å². The fourth-order valence-corrected chi connectivity index (χ4v) is 3.55. The van der Waals surface area contributed by atoms with E-state index in [1.807, 2.05) is 0 Å². The van der Waals surface area contributed by atoms with Crippen LogP contribution >= 0.6 is 0 Å². The lowest BCUT2D eigenvalue weighted by molar-refractivity contribution is 0.0992. The van der Waals surface area contributed by atoms with Gasteiger partial charge >= 0.3 is 0 Å². The molecule has 1 heterocycles. The second kappa shape index (κ2) is 9.74. The molecule has 120 valence electrons. The molecule has 0 spiro atoms. The summed E-state index contributed by atoms with van der Waals surface area (Å²) in [5.74, 6) is 0.587. The Morgan fingerprint density at radius 2 is 2.10 bits per heavy atom. The normalized spacial score (nSPS) is 21.2. The number of ether oxygens (including phenoxy) is 1. The first kappa shape index (κ1) is 17.9. The summed E-state index contributed by atoms with van der Waals surface area (Å²) < 4.78 is 28.7. The van der Waals surface area contributed by atoms with Crippen molar-refractivity contribution in [3.8, 4) is 0 Å². The minimum atomic E-state index is -2.82. The molecule has 2 unspecified atom stereocenters. The molecule has 5 heteroatoms. The van der Waals surface area contributed by atoms with Gasteiger partial charge in [0, 0.05) is 18.4 Å². The number of hydrogen-bond donors (Lipinski definition) is 1. The Balaban J connectivity index is 2.27. The average molecular weight is 305 g/mol. The lowest BCUT2D eigenvalue weighted by Gasteiger charge is -2.20. The van der Waals surface area contributed by atoms with Gasteiger partial charge in [-0.3, -0.25) is 0 Å². The van der Waals surface area contributed by atoms with Gasteiger partial charge in [-0.2, -0.15) is 0 Å². The van der Waals surface area contributed by atoms with Crippen molar-refractivity contribution in [3.63, 3.8) is 0 Å². The third kappa shape index (κ3) is 7.60. The molecule has 20 heavy (non-hydrogen) atoms. The summed E-state index contributed by atoms with van der Waals surface area (Å²) in [5.41, 5.74) is 0. The van der Waals surface area contributed by atoms with Crippen LogP contribution in [0, 0.1) is 0 Å². The number of hydrogen-bond acceptors (Lipinski definition) is 4. The van der Waals surface area contributed by atoms with Crippen molar-refractivity contribution in [2.45, 2.75) is 70.9 Å². The van der Waals surface area contributed by atoms with Crippen molar-refractivity contribution in [2.24, 2.45) is 0 Å². The van der Waals surface area contributed by atoms with E-state index in [2.05, 4.69) is 12.2 Å². The summed E-state index contributed by atoms with van der Waals surface area (Å²) >= 11 is 0. The Hall–Kier alpha value is -0.130. The van der Waals surface area contributed by atoms with Crippen molar-refractivity contribution in [3.05, 3.63) is 0 Å². The lowest BCUT2D eigenvalue weighted by atomic mass is 10.0. The third-order valence-electron chi connectivity index (χ3n) is 3.99. The highest BCUT2D eigenvalue weighted by Gasteiger charge is 2.18. The fourth-order valence-electron chi connectivity index (χ4n) is 2.65. The molecule has 0 amide bonds. The Bertz CT molecular complexity index is 337. The molecule has 0 saturated carbocycles. The van der Waals surface area contributed by atoms with Gasteiger partial charge in [0.2, 0.25) is 0 Å². The van der Waals surface area contributed by atoms with Crippen LogP contribution < -0.4 is 5.32 Å². The Labute approximate surface area is 124 Å². The zero-order valence-electron chi connectivity index (χ0n) is 13.1. The van der Waals surface area contributed by atoms with Crippen LogP contribution in [-0.4, -0.2) is 45.2 Å². The molecule has 0 aromatic rings. The van der Waals surface area contributed by atoms with Crippen molar-refractivity contribution < 1.29 is 13.2 Å². The van der Waals surface area contributed by atoms with E-state index in [9.17, 15) is 8.42 Å². The Morgan fingerprint density at radius 1 is 1.30 bits per heavy atom. The SMILES string of the molecule is CCCNC(CCCS(=O)(=O)CC)CCC1CCCO1. The highest BCUT2D eigenvalue weighted by atomic mass is 32.2. The molecule has 4 nitrogen and oxygen atoms in total. The summed E-state index contributed by atoms with van der Waals surface area (Å²) in [6.45, 7) is 5.80. The highest BCUT2D eigenvalue weighted by molar-refractivity contribution is 7.91. The standard InChI is InChI=1S/C15H31NO3S/c1-3-11-16-14(7-6-13-20(17,18)4-2)9-10-15-8-5-12-19-15/h14-16H,3-13H2,1-2H3. The summed E-state index contributed by atoms with van der Waals surface area (Å²) in [7, 11) is -2.82. The second-order valence-electron chi connectivity index (χ2n) is 5.74. The molecule has 0 aromatic carbocycles. The van der Waals surface area contributed by atoms with Crippen molar-refractivity contribution >= 4 is 9.84 Å². The van der Waals surface area contributed by atoms with E-state index >= 15 is 0 Å². The predicted octanol–water partition coefficient (Wildman–Crippen LogP) is 2.53. The maximum absolute atomic E-state index is 11.5. The van der Waals surface area contributed by atoms with Gasteiger partial charge in [0.15, 0.2) is 0 Å². The Kier molecular flexibility index (Phi) is 8.73. The molecule has 1 N–H and O–H groups in total. The first-order chi connectivity index (χ1) is 9.57. The topological polar surface area (TPSA) is 55.4 Å². The molecule has 1 aliphatic heterocycles. The van der Waals surface area contributed by atoms with Gasteiger partial charge in [-0.15, -0.1) is 0 Å². The van der Waals surface area contributed by atoms with Gasteiger partial charge in [0.05, 0.1) is 11.9 Å². The number of nitrogens with one attached hydrogen (secondary N) is 1. The monoisotopic (exact) mass is 305 g/mol. The summed E-state index contributed by atoms with van der Waals surface area (Å²) in [4.78, 5) is 0. The van der Waals surface area contributed by atoms with Gasteiger partial charge in [-0.1, -0.05) is 13.8 Å². The van der Waals surface area contributed by atoms with Gasteiger partial charge in [-0.25, -0.2) is 8.42 Å². The fraction of sp³-hybridized carbons (Fsp3) is 1.00. The predicted molar refractivity (Wildman–Crippen MR) is 83.9 cm³/mol. The van der Waals surface area contributed by atoms with Gasteiger partial charge in [-0.05, 0) is 51.5 Å². The minimum absolute atomic E-state index is 0.260. The van der Waals surface area contributed by atoms with Gasteiger partial charge < -0.3 is 10.1 Å². The van der Waals surface area contributed by atoms with Crippen LogP contribution in [0.4, 0.5) is 0 Å². The average Bonchev–Trinajstić information content (AvgIpc) is 2.94. The van der Waals surface area contributed by atoms with Crippen molar-refractivity contribution in [2.75, 3.05) is 24.7 Å². The van der Waals surface area contributed by atoms with E-state index in [1.54, 1.807) is 6.92 Å². The van der Waals surface area contributed by atoms with E-state index in [-0.39, 0.29) is 5.75 Å². The Morgan fingerprint density at radius 3 is 2.70 bits per heavy atom. The van der Waals surface area contributed by atoms with E-state index < -0.39 is 9.84 Å². The largest absolute Gasteiger partial charge is 0.378 e. The lowest BCUT2D eigenvalue weighted by Crippen LogP contribution is -2.31. The minimum Gasteiger partial charge on any atom is -0.378 e. The van der Waals surface area contributed by atoms with Gasteiger partial charge in [0.1, 0.15) is 9.84 Å². The molecule has 0 bridgehead atoms. The zero-order chi connectivity index (χ0) is 14.8. The zero-order valence-corrected chi connectivity index (χ0v) is 13.9. The maximum Gasteiger partial charge on any atom is 0.150 e. The van der Waals surface area contributed by atoms with E-state index in [1.165, 1.54) is 12.8 Å². The molecule has 1 fully saturated rings. The number of sulfone groups is 1. The molecule has 0 radical (unpaired) electrons. The molecule has 1 aliphatic rings. The third-order valence-corrected chi connectivity index (χ3v) is 5.78. The summed E-state index contributed by atoms with van der Waals surface area (Å²) in [6.07, 6.45) is 7.83. The van der Waals surface area contributed by atoms with Crippen molar-refractivity contribution in [1.82, 2.24) is 5.32 Å². The molecule has 0 aromatic heterocycles. The molecular formula is C15H31NO3S. The van der Waals surface area contributed by atoms with Crippen molar-refractivity contribution in [1.29, 1.82) is 0 Å². The highest BCUT2D eigenvalue weighted by Crippen LogP contribution is 2.19. The first-order valence-electron chi connectivity index (χ1n) is 8.12. The number of rotatable bonds is 11.